The molecular formula is C6H37INPS. The molecule has 0 spiro atoms. The van der Waals surface area contributed by atoms with Crippen LogP contribution in [-0.4, -0.2) is 0 Å². The maximum Gasteiger partial charge on any atom is 0 e. The summed E-state index contributed by atoms with van der Waals surface area (Å²) in [5.41, 5.74) is 0. The van der Waals surface area contributed by atoms with Gasteiger partial charge in [0.05, 0.1) is 0 Å². The highest BCUT2D eigenvalue weighted by Crippen LogP contribution is 0.886. The van der Waals surface area contributed by atoms with Crippen molar-refractivity contribution < 1.29 is 2.85 Å². The summed E-state index contributed by atoms with van der Waals surface area (Å²) in [5, 5.41) is 0. The highest BCUT2D eigenvalue weighted by Gasteiger charge is -0.0722. The molecule has 0 aliphatic carbocycles. The van der Waals surface area contributed by atoms with Crippen molar-refractivity contribution in [3.8, 4) is 0 Å². The van der Waals surface area contributed by atoms with Gasteiger partial charge in [-0.25, -0.2) is 0 Å². The average Bonchev–Trinajstić information content (AvgIpc) is 0. The van der Waals surface area contributed by atoms with Gasteiger partial charge in [-0.1, -0.05) is 44.6 Å². The first kappa shape index (κ1) is 582. The molecule has 0 rings (SSSR count). The lowest BCUT2D eigenvalue weighted by atomic mass is 12.0. The smallest absolute Gasteiger partial charge is 0 e. The molecule has 0 aliphatic heterocycles. The number of rotatable bonds is 0. The Morgan fingerprint density at radius 3 is 0.700 bits per heavy atom. The molecule has 0 aromatic rings. The summed E-state index contributed by atoms with van der Waals surface area (Å²) in [7, 11) is 0. The first-order valence-electron chi connectivity index (χ1n) is 0. The largest absolute Gasteiger partial charge is 0.344 e. The number of hydrogen-bond acceptors (Lipinski definition) is 1. The van der Waals surface area contributed by atoms with Crippen LogP contribution in [0.25, 0.3) is 0 Å². The highest BCUT2D eigenvalue weighted by atomic mass is 127. The molecule has 1 unspecified atom stereocenters. The van der Waals surface area contributed by atoms with Crippen molar-refractivity contribution in [2.75, 3.05) is 0 Å². The Labute approximate surface area is 101 Å². The Kier molecular flexibility index (Phi) is 25300. The monoisotopic (exact) mass is 315 g/mol. The third-order valence-corrected chi connectivity index (χ3v) is 0. The van der Waals surface area contributed by atoms with E-state index in [9.17, 15) is 0 Å². The van der Waals surface area contributed by atoms with Crippen molar-refractivity contribution in [2.24, 2.45) is 0 Å². The Bertz CT molecular complexity index is 25.5. The highest BCUT2D eigenvalue weighted by molar-refractivity contribution is 14.0. The molecule has 0 saturated heterocycles. The van der Waals surface area contributed by atoms with Crippen molar-refractivity contribution in [1.29, 1.82) is 0 Å². The van der Waals surface area contributed by atoms with Gasteiger partial charge < -0.3 is 6.15 Å². The van der Waals surface area contributed by atoms with E-state index in [2.05, 4.69) is 0 Å². The SMILES string of the molecule is C.C.C.C.C.C.I.N.P.S.[3HH].[HH]. The van der Waals surface area contributed by atoms with E-state index in [4.69, 9.17) is 0 Å². The first-order valence-corrected chi connectivity index (χ1v) is 0. The molecule has 0 amide bonds. The molecule has 0 fully saturated rings. The van der Waals surface area contributed by atoms with Crippen LogP contribution in [0.1, 0.15) is 47.4 Å². The van der Waals surface area contributed by atoms with E-state index >= 15 is 0 Å². The zero-order chi connectivity index (χ0) is 0. The predicted octanol–water partition coefficient (Wildman–Crippen LogP) is 5.26. The van der Waals surface area contributed by atoms with Gasteiger partial charge in [0.1, 0.15) is 0 Å². The minimum atomic E-state index is 0. The molecule has 0 aliphatic rings. The van der Waals surface area contributed by atoms with E-state index in [0.29, 0.717) is 0 Å². The lowest BCUT2D eigenvalue weighted by Crippen LogP contribution is -0.481. The molecule has 3 N–H and O–H groups in total. The summed E-state index contributed by atoms with van der Waals surface area (Å²) < 4.78 is 0. The van der Waals surface area contributed by atoms with Crippen LogP contribution in [0, 0.1) is 0 Å². The van der Waals surface area contributed by atoms with Gasteiger partial charge in [0.15, 0.2) is 0 Å². The zero-order valence-electron chi connectivity index (χ0n) is 2.32. The summed E-state index contributed by atoms with van der Waals surface area (Å²) in [4.78, 5) is 0. The lowest BCUT2D eigenvalue weighted by Gasteiger charge is -0.344. The fourth-order valence-corrected chi connectivity index (χ4v) is 0. The molecule has 10 heavy (non-hydrogen) atoms. The van der Waals surface area contributed by atoms with Gasteiger partial charge in [0, 0.05) is 2.85 Å². The molecule has 0 aromatic carbocycles. The second-order valence-electron chi connectivity index (χ2n) is 0. The van der Waals surface area contributed by atoms with Crippen molar-refractivity contribution in [3.63, 3.8) is 0 Å². The predicted molar refractivity (Wildman–Crippen MR) is 86.5 cm³/mol. The Hall–Kier alpha value is 1.47. The number of halogens is 1. The van der Waals surface area contributed by atoms with E-state index < -0.39 is 0 Å². The lowest BCUT2D eigenvalue weighted by molar-refractivity contribution is 2.13. The van der Waals surface area contributed by atoms with Crippen LogP contribution in [0.15, 0.2) is 0 Å². The molecule has 84 valence electrons. The minimum Gasteiger partial charge on any atom is -0.344 e. The fraction of sp³-hybridized carbons (Fsp3) is 1.00. The average molecular weight is 315 g/mol. The molecule has 0 aromatic heterocycles. The van der Waals surface area contributed by atoms with Crippen LogP contribution in [0.2, 0.25) is 0 Å². The Morgan fingerprint density at radius 1 is 0.700 bits per heavy atom. The maximum atomic E-state index is 0. The minimum absolute atomic E-state index is 0. The molecule has 1 nitrogen and oxygen atoms in total. The van der Waals surface area contributed by atoms with Crippen LogP contribution >= 0.6 is 47.4 Å². The van der Waals surface area contributed by atoms with Gasteiger partial charge in [-0.2, -0.15) is 23.4 Å². The second kappa shape index (κ2) is 435. The van der Waals surface area contributed by atoms with Gasteiger partial charge >= 0.3 is 0 Å². The van der Waals surface area contributed by atoms with Crippen LogP contribution in [-0.2, 0) is 0 Å². The topological polar surface area (TPSA) is 35.0 Å². The summed E-state index contributed by atoms with van der Waals surface area (Å²) in [6.45, 7) is 0. The van der Waals surface area contributed by atoms with E-state index in [1.165, 1.54) is 0 Å². The van der Waals surface area contributed by atoms with Crippen molar-refractivity contribution in [3.05, 3.63) is 0 Å². The summed E-state index contributed by atoms with van der Waals surface area (Å²) in [5.74, 6) is 0. The Morgan fingerprint density at radius 2 is 0.700 bits per heavy atom. The molecule has 0 saturated carbocycles. The standard InChI is InChI=1S/6CH4.HI.H3N.H3P.H2S.2H2/h6*1H4;1H;2*1H3;1H2;2*1H/i;;;;;;;;;;1+2;. The summed E-state index contributed by atoms with van der Waals surface area (Å²) in [6.07, 6.45) is 0. The van der Waals surface area contributed by atoms with E-state index in [-0.39, 0.29) is 101 Å². The molecular weight excluding hydrogens is 276 g/mol. The van der Waals surface area contributed by atoms with Crippen molar-refractivity contribution in [1.82, 2.24) is 6.15 Å². The Balaban J connectivity index is 0. The van der Waals surface area contributed by atoms with Crippen LogP contribution < -0.4 is 6.15 Å². The van der Waals surface area contributed by atoms with E-state index in [1.54, 1.807) is 0 Å². The second-order valence-corrected chi connectivity index (χ2v) is 0. The third-order valence-electron chi connectivity index (χ3n) is 0. The molecule has 1 atom stereocenters. The normalized spacial score (nSPS) is 0. The quantitative estimate of drug-likeness (QED) is 0.480. The van der Waals surface area contributed by atoms with E-state index in [0.717, 1.165) is 0 Å². The summed E-state index contributed by atoms with van der Waals surface area (Å²) >= 11 is 0. The van der Waals surface area contributed by atoms with Gasteiger partial charge in [-0.15, -0.1) is 24.0 Å². The first-order chi connectivity index (χ1) is 0. The van der Waals surface area contributed by atoms with Gasteiger partial charge in [0.2, 0.25) is 0 Å². The van der Waals surface area contributed by atoms with Crippen LogP contribution in [0.5, 0.6) is 0 Å². The van der Waals surface area contributed by atoms with E-state index in [1.807, 2.05) is 0 Å². The third kappa shape index (κ3) is 314. The van der Waals surface area contributed by atoms with Gasteiger partial charge in [0.25, 0.3) is 0 Å². The van der Waals surface area contributed by atoms with Gasteiger partial charge in [-0.3, -0.25) is 0 Å². The van der Waals surface area contributed by atoms with Gasteiger partial charge in [-0.05, 0) is 0 Å². The fourth-order valence-electron chi connectivity index (χ4n) is 0. The molecule has 0 radical (unpaired) electrons. The van der Waals surface area contributed by atoms with Crippen LogP contribution in [0.4, 0.5) is 0 Å². The number of hydrogen-bond donors (Lipinski definition) is 1. The van der Waals surface area contributed by atoms with Crippen molar-refractivity contribution in [2.45, 2.75) is 44.6 Å². The molecule has 0 heterocycles. The zero-order valence-corrected chi connectivity index (χ0v) is 7.07. The maximum absolute atomic E-state index is 0. The molecule has 4 heteroatoms. The van der Waals surface area contributed by atoms with Crippen molar-refractivity contribution >= 4 is 47.4 Å². The molecule has 0 bridgehead atoms. The summed E-state index contributed by atoms with van der Waals surface area (Å²) in [6, 6.07) is 0. The van der Waals surface area contributed by atoms with Crippen LogP contribution in [0.3, 0.4) is 0 Å².